The van der Waals surface area contributed by atoms with Crippen LogP contribution in [-0.4, -0.2) is 27.9 Å². The lowest BCUT2D eigenvalue weighted by Crippen LogP contribution is -2.32. The third-order valence-corrected chi connectivity index (χ3v) is 3.64. The van der Waals surface area contributed by atoms with Gasteiger partial charge in [0.2, 0.25) is 0 Å². The van der Waals surface area contributed by atoms with E-state index < -0.39 is 0 Å². The van der Waals surface area contributed by atoms with Gasteiger partial charge in [0.1, 0.15) is 12.2 Å². The first-order valence-corrected chi connectivity index (χ1v) is 6.20. The zero-order chi connectivity index (χ0) is 10.8. The Bertz CT molecular complexity index is 368. The molecule has 1 N–H and O–H groups in total. The van der Waals surface area contributed by atoms with Gasteiger partial charge in [-0.1, -0.05) is 12.2 Å². The van der Waals surface area contributed by atoms with Crippen molar-refractivity contribution in [1.82, 2.24) is 20.1 Å². The predicted octanol–water partition coefficient (Wildman–Crippen LogP) is 1.64. The Labute approximate surface area is 95.8 Å². The first kappa shape index (κ1) is 10.0. The van der Waals surface area contributed by atoms with Crippen molar-refractivity contribution >= 4 is 0 Å². The normalized spacial score (nSPS) is 26.4. The average molecular weight is 218 g/mol. The summed E-state index contributed by atoms with van der Waals surface area (Å²) in [6, 6.07) is 0.555. The third-order valence-electron chi connectivity index (χ3n) is 3.64. The Balaban J connectivity index is 1.80. The van der Waals surface area contributed by atoms with Gasteiger partial charge >= 0.3 is 0 Å². The van der Waals surface area contributed by atoms with Crippen LogP contribution in [0.1, 0.15) is 43.5 Å². The summed E-state index contributed by atoms with van der Waals surface area (Å²) in [5.74, 6) is 1.74. The molecule has 0 radical (unpaired) electrons. The number of aromatic nitrogens is 3. The van der Waals surface area contributed by atoms with E-state index in [2.05, 4.69) is 32.2 Å². The summed E-state index contributed by atoms with van der Waals surface area (Å²) < 4.78 is 2.30. The van der Waals surface area contributed by atoms with Crippen LogP contribution in [0.25, 0.3) is 0 Å². The first-order valence-electron chi connectivity index (χ1n) is 6.20. The fourth-order valence-electron chi connectivity index (χ4n) is 2.72. The molecule has 0 saturated carbocycles. The molecule has 1 atom stereocenters. The van der Waals surface area contributed by atoms with Crippen LogP contribution < -0.4 is 5.32 Å². The van der Waals surface area contributed by atoms with Crippen molar-refractivity contribution in [2.75, 3.05) is 13.1 Å². The highest BCUT2D eigenvalue weighted by Gasteiger charge is 2.23. The van der Waals surface area contributed by atoms with Gasteiger partial charge in [0.25, 0.3) is 0 Å². The van der Waals surface area contributed by atoms with Crippen LogP contribution in [0.4, 0.5) is 0 Å². The summed E-state index contributed by atoms with van der Waals surface area (Å²) in [5.41, 5.74) is 0. The molecular formula is C12H18N4. The monoisotopic (exact) mass is 218 g/mol. The average Bonchev–Trinajstić information content (AvgIpc) is 3.01. The molecule has 0 spiro atoms. The van der Waals surface area contributed by atoms with Gasteiger partial charge in [0.05, 0.1) is 0 Å². The molecule has 1 aromatic rings. The SMILES string of the molecule is C1=CCC(c2nncn2C2CCCNC2)C1. The summed E-state index contributed by atoms with van der Waals surface area (Å²) >= 11 is 0. The maximum atomic E-state index is 4.32. The molecular weight excluding hydrogens is 200 g/mol. The minimum atomic E-state index is 0.555. The maximum absolute atomic E-state index is 4.32. The van der Waals surface area contributed by atoms with Gasteiger partial charge < -0.3 is 9.88 Å². The molecule has 1 aliphatic carbocycles. The molecule has 0 amide bonds. The van der Waals surface area contributed by atoms with Crippen LogP contribution in [0.5, 0.6) is 0 Å². The van der Waals surface area contributed by atoms with E-state index in [4.69, 9.17) is 0 Å². The Morgan fingerprint density at radius 3 is 2.94 bits per heavy atom. The van der Waals surface area contributed by atoms with Gasteiger partial charge in [-0.05, 0) is 32.2 Å². The topological polar surface area (TPSA) is 42.7 Å². The zero-order valence-corrected chi connectivity index (χ0v) is 9.47. The lowest BCUT2D eigenvalue weighted by molar-refractivity contribution is 0.357. The number of hydrogen-bond donors (Lipinski definition) is 1. The number of rotatable bonds is 2. The predicted molar refractivity (Wildman–Crippen MR) is 62.3 cm³/mol. The van der Waals surface area contributed by atoms with E-state index in [0.29, 0.717) is 12.0 Å². The van der Waals surface area contributed by atoms with E-state index in [-0.39, 0.29) is 0 Å². The van der Waals surface area contributed by atoms with Crippen LogP contribution in [-0.2, 0) is 0 Å². The van der Waals surface area contributed by atoms with Gasteiger partial charge in [0.15, 0.2) is 0 Å². The second kappa shape index (κ2) is 4.37. The van der Waals surface area contributed by atoms with Crippen LogP contribution in [0, 0.1) is 0 Å². The lowest BCUT2D eigenvalue weighted by atomic mass is 10.0. The molecule has 1 fully saturated rings. The van der Waals surface area contributed by atoms with E-state index in [1.807, 2.05) is 6.33 Å². The largest absolute Gasteiger partial charge is 0.315 e. The van der Waals surface area contributed by atoms with Gasteiger partial charge in [-0.2, -0.15) is 0 Å². The lowest BCUT2D eigenvalue weighted by Gasteiger charge is -2.26. The summed E-state index contributed by atoms with van der Waals surface area (Å²) in [5, 5.41) is 11.9. The first-order chi connectivity index (χ1) is 7.95. The molecule has 1 aromatic heterocycles. The highest BCUT2D eigenvalue weighted by molar-refractivity contribution is 5.09. The molecule has 0 bridgehead atoms. The molecule has 1 aliphatic heterocycles. The fraction of sp³-hybridized carbons (Fsp3) is 0.667. The van der Waals surface area contributed by atoms with E-state index in [1.54, 1.807) is 0 Å². The molecule has 1 unspecified atom stereocenters. The molecule has 3 rings (SSSR count). The van der Waals surface area contributed by atoms with Crippen molar-refractivity contribution in [2.24, 2.45) is 0 Å². The smallest absolute Gasteiger partial charge is 0.136 e. The highest BCUT2D eigenvalue weighted by atomic mass is 15.3. The molecule has 2 heterocycles. The Hall–Kier alpha value is -1.16. The van der Waals surface area contributed by atoms with Gasteiger partial charge in [0, 0.05) is 18.5 Å². The standard InChI is InChI=1S/C12H18N4/c1-2-5-10(4-1)12-15-14-9-16(12)11-6-3-7-13-8-11/h1-2,9-11,13H,3-8H2. The molecule has 1 saturated heterocycles. The highest BCUT2D eigenvalue weighted by Crippen LogP contribution is 2.30. The number of nitrogens with one attached hydrogen (secondary N) is 1. The second-order valence-corrected chi connectivity index (χ2v) is 4.74. The van der Waals surface area contributed by atoms with Gasteiger partial charge in [-0.15, -0.1) is 10.2 Å². The quantitative estimate of drug-likeness (QED) is 0.767. The number of nitrogens with zero attached hydrogens (tertiary/aromatic N) is 3. The molecule has 86 valence electrons. The minimum absolute atomic E-state index is 0.555. The Kier molecular flexibility index (Phi) is 2.74. The van der Waals surface area contributed by atoms with E-state index in [0.717, 1.165) is 25.9 Å². The van der Waals surface area contributed by atoms with Crippen LogP contribution in [0.15, 0.2) is 18.5 Å². The van der Waals surface area contributed by atoms with Crippen molar-refractivity contribution in [3.8, 4) is 0 Å². The van der Waals surface area contributed by atoms with Crippen LogP contribution in [0.3, 0.4) is 0 Å². The molecule has 16 heavy (non-hydrogen) atoms. The molecule has 2 aliphatic rings. The molecule has 0 aromatic carbocycles. The van der Waals surface area contributed by atoms with Crippen molar-refractivity contribution in [1.29, 1.82) is 0 Å². The number of piperidine rings is 1. The molecule has 4 heteroatoms. The molecule has 4 nitrogen and oxygen atoms in total. The number of hydrogen-bond acceptors (Lipinski definition) is 3. The van der Waals surface area contributed by atoms with E-state index in [9.17, 15) is 0 Å². The van der Waals surface area contributed by atoms with Gasteiger partial charge in [-0.3, -0.25) is 0 Å². The summed E-state index contributed by atoms with van der Waals surface area (Å²) in [4.78, 5) is 0. The van der Waals surface area contributed by atoms with E-state index in [1.165, 1.54) is 18.7 Å². The van der Waals surface area contributed by atoms with Crippen LogP contribution >= 0.6 is 0 Å². The Morgan fingerprint density at radius 1 is 1.31 bits per heavy atom. The van der Waals surface area contributed by atoms with Crippen molar-refractivity contribution < 1.29 is 0 Å². The van der Waals surface area contributed by atoms with Crippen molar-refractivity contribution in [3.05, 3.63) is 24.3 Å². The number of allylic oxidation sites excluding steroid dienone is 2. The van der Waals surface area contributed by atoms with Crippen molar-refractivity contribution in [2.45, 2.75) is 37.6 Å². The fourth-order valence-corrected chi connectivity index (χ4v) is 2.72. The van der Waals surface area contributed by atoms with E-state index >= 15 is 0 Å². The third kappa shape index (κ3) is 1.78. The van der Waals surface area contributed by atoms with Gasteiger partial charge in [-0.25, -0.2) is 0 Å². The van der Waals surface area contributed by atoms with Crippen molar-refractivity contribution in [3.63, 3.8) is 0 Å². The second-order valence-electron chi connectivity index (χ2n) is 4.74. The van der Waals surface area contributed by atoms with Crippen LogP contribution in [0.2, 0.25) is 0 Å². The minimum Gasteiger partial charge on any atom is -0.315 e. The summed E-state index contributed by atoms with van der Waals surface area (Å²) in [6.45, 7) is 2.21. The summed E-state index contributed by atoms with van der Waals surface area (Å²) in [7, 11) is 0. The Morgan fingerprint density at radius 2 is 2.19 bits per heavy atom. The maximum Gasteiger partial charge on any atom is 0.136 e. The summed E-state index contributed by atoms with van der Waals surface area (Å²) in [6.07, 6.45) is 11.2. The zero-order valence-electron chi connectivity index (χ0n) is 9.47.